The highest BCUT2D eigenvalue weighted by Crippen LogP contribution is 2.34. The second-order valence-corrected chi connectivity index (χ2v) is 5.44. The molecule has 0 aliphatic carbocycles. The molecule has 0 unspecified atom stereocenters. The molecule has 0 fully saturated rings. The van der Waals surface area contributed by atoms with Crippen molar-refractivity contribution in [1.29, 1.82) is 0 Å². The highest BCUT2D eigenvalue weighted by Gasteiger charge is 2.09. The summed E-state index contributed by atoms with van der Waals surface area (Å²) in [5.41, 5.74) is 5.99. The maximum Gasteiger partial charge on any atom is 0.119 e. The Kier molecular flexibility index (Phi) is 4.33. The zero-order chi connectivity index (χ0) is 16.2. The summed E-state index contributed by atoms with van der Waals surface area (Å²) >= 11 is 0. The zero-order valence-corrected chi connectivity index (χ0v) is 13.7. The smallest absolute Gasteiger partial charge is 0.119 e. The number of benzene rings is 3. The molecule has 3 aromatic rings. The Morgan fingerprint density at radius 1 is 0.609 bits per heavy atom. The summed E-state index contributed by atoms with van der Waals surface area (Å²) in [5.74, 6) is 1.74. The van der Waals surface area contributed by atoms with Gasteiger partial charge < -0.3 is 9.47 Å². The maximum atomic E-state index is 5.34. The Morgan fingerprint density at radius 2 is 1.04 bits per heavy atom. The Labute approximate surface area is 137 Å². The summed E-state index contributed by atoms with van der Waals surface area (Å²) in [6, 6.07) is 22.7. The van der Waals surface area contributed by atoms with E-state index >= 15 is 0 Å². The second-order valence-electron chi connectivity index (χ2n) is 5.44. The standard InChI is InChI=1S/C21H20O2/c1-15-20(16-7-4-9-18(13-16)22-2)11-6-12-21(15)17-8-5-10-19(14-17)23-3/h4-14H,1-3H3. The van der Waals surface area contributed by atoms with Crippen molar-refractivity contribution in [2.24, 2.45) is 0 Å². The molecule has 0 saturated carbocycles. The number of hydrogen-bond acceptors (Lipinski definition) is 2. The summed E-state index contributed by atoms with van der Waals surface area (Å²) in [6.45, 7) is 2.16. The average molecular weight is 304 g/mol. The first kappa shape index (κ1) is 15.2. The van der Waals surface area contributed by atoms with Gasteiger partial charge >= 0.3 is 0 Å². The fourth-order valence-corrected chi connectivity index (χ4v) is 2.84. The first-order valence-corrected chi connectivity index (χ1v) is 7.61. The van der Waals surface area contributed by atoms with Gasteiger partial charge in [0.2, 0.25) is 0 Å². The van der Waals surface area contributed by atoms with Crippen molar-refractivity contribution in [1.82, 2.24) is 0 Å². The summed E-state index contributed by atoms with van der Waals surface area (Å²) in [6.07, 6.45) is 0. The summed E-state index contributed by atoms with van der Waals surface area (Å²) in [4.78, 5) is 0. The molecule has 0 aliphatic heterocycles. The SMILES string of the molecule is COc1cccc(-c2cccc(-c3cccc(OC)c3)c2C)c1. The molecular formula is C21H20O2. The lowest BCUT2D eigenvalue weighted by Gasteiger charge is -2.13. The van der Waals surface area contributed by atoms with Gasteiger partial charge in [0.25, 0.3) is 0 Å². The van der Waals surface area contributed by atoms with E-state index in [1.54, 1.807) is 14.2 Å². The highest BCUT2D eigenvalue weighted by molar-refractivity contribution is 5.79. The van der Waals surface area contributed by atoms with Crippen molar-refractivity contribution in [2.75, 3.05) is 14.2 Å². The van der Waals surface area contributed by atoms with Crippen LogP contribution in [-0.2, 0) is 0 Å². The van der Waals surface area contributed by atoms with Gasteiger partial charge in [-0.05, 0) is 59.0 Å². The van der Waals surface area contributed by atoms with Crippen molar-refractivity contribution in [3.05, 3.63) is 72.3 Å². The van der Waals surface area contributed by atoms with Crippen LogP contribution >= 0.6 is 0 Å². The average Bonchev–Trinajstić information content (AvgIpc) is 2.62. The first-order valence-electron chi connectivity index (χ1n) is 7.61. The van der Waals surface area contributed by atoms with Gasteiger partial charge in [-0.15, -0.1) is 0 Å². The number of rotatable bonds is 4. The second kappa shape index (κ2) is 6.57. The van der Waals surface area contributed by atoms with Crippen molar-refractivity contribution >= 4 is 0 Å². The molecule has 0 amide bonds. The molecule has 2 nitrogen and oxygen atoms in total. The maximum absolute atomic E-state index is 5.34. The van der Waals surface area contributed by atoms with E-state index in [-0.39, 0.29) is 0 Å². The number of ether oxygens (including phenoxy) is 2. The van der Waals surface area contributed by atoms with E-state index in [2.05, 4.69) is 49.4 Å². The van der Waals surface area contributed by atoms with Crippen LogP contribution in [0.4, 0.5) is 0 Å². The largest absolute Gasteiger partial charge is 0.497 e. The zero-order valence-electron chi connectivity index (χ0n) is 13.7. The third-order valence-electron chi connectivity index (χ3n) is 4.10. The van der Waals surface area contributed by atoms with E-state index < -0.39 is 0 Å². The van der Waals surface area contributed by atoms with Crippen molar-refractivity contribution in [2.45, 2.75) is 6.92 Å². The van der Waals surface area contributed by atoms with E-state index in [1.807, 2.05) is 24.3 Å². The molecule has 0 heterocycles. The molecule has 0 bridgehead atoms. The van der Waals surface area contributed by atoms with Crippen LogP contribution in [0.15, 0.2) is 66.7 Å². The van der Waals surface area contributed by atoms with Crippen LogP contribution in [0.2, 0.25) is 0 Å². The van der Waals surface area contributed by atoms with Gasteiger partial charge in [0.1, 0.15) is 11.5 Å². The molecule has 0 atom stereocenters. The fourth-order valence-electron chi connectivity index (χ4n) is 2.84. The molecule has 0 aromatic heterocycles. The molecule has 2 heteroatoms. The third-order valence-corrected chi connectivity index (χ3v) is 4.10. The van der Waals surface area contributed by atoms with Crippen LogP contribution < -0.4 is 9.47 Å². The van der Waals surface area contributed by atoms with Crippen LogP contribution in [-0.4, -0.2) is 14.2 Å². The Balaban J connectivity index is 2.11. The Hall–Kier alpha value is -2.74. The monoisotopic (exact) mass is 304 g/mol. The van der Waals surface area contributed by atoms with Gasteiger partial charge in [0.15, 0.2) is 0 Å². The van der Waals surface area contributed by atoms with Crippen LogP contribution in [0, 0.1) is 6.92 Å². The van der Waals surface area contributed by atoms with Crippen molar-refractivity contribution in [3.8, 4) is 33.8 Å². The lowest BCUT2D eigenvalue weighted by molar-refractivity contribution is 0.415. The van der Waals surface area contributed by atoms with E-state index in [0.717, 1.165) is 22.6 Å². The quantitative estimate of drug-likeness (QED) is 0.647. The minimum atomic E-state index is 0.869. The Bertz CT molecular complexity index is 756. The molecular weight excluding hydrogens is 284 g/mol. The molecule has 0 saturated heterocycles. The summed E-state index contributed by atoms with van der Waals surface area (Å²) < 4.78 is 10.7. The van der Waals surface area contributed by atoms with Crippen LogP contribution in [0.1, 0.15) is 5.56 Å². The summed E-state index contributed by atoms with van der Waals surface area (Å²) in [5, 5.41) is 0. The lowest BCUT2D eigenvalue weighted by Crippen LogP contribution is -1.90. The minimum absolute atomic E-state index is 0.869. The molecule has 23 heavy (non-hydrogen) atoms. The van der Waals surface area contributed by atoms with E-state index in [0.29, 0.717) is 0 Å². The fraction of sp³-hybridized carbons (Fsp3) is 0.143. The lowest BCUT2D eigenvalue weighted by atomic mass is 9.92. The molecule has 3 aromatic carbocycles. The number of methoxy groups -OCH3 is 2. The van der Waals surface area contributed by atoms with Gasteiger partial charge in [-0.1, -0.05) is 42.5 Å². The molecule has 0 N–H and O–H groups in total. The van der Waals surface area contributed by atoms with E-state index in [1.165, 1.54) is 16.7 Å². The van der Waals surface area contributed by atoms with Gasteiger partial charge in [-0.25, -0.2) is 0 Å². The summed E-state index contributed by atoms with van der Waals surface area (Å²) in [7, 11) is 3.39. The van der Waals surface area contributed by atoms with Gasteiger partial charge in [-0.2, -0.15) is 0 Å². The first-order chi connectivity index (χ1) is 11.2. The number of hydrogen-bond donors (Lipinski definition) is 0. The van der Waals surface area contributed by atoms with Crippen LogP contribution in [0.5, 0.6) is 11.5 Å². The molecule has 0 radical (unpaired) electrons. The third kappa shape index (κ3) is 3.07. The van der Waals surface area contributed by atoms with Gasteiger partial charge in [0.05, 0.1) is 14.2 Å². The molecule has 0 spiro atoms. The van der Waals surface area contributed by atoms with Crippen molar-refractivity contribution < 1.29 is 9.47 Å². The predicted octanol–water partition coefficient (Wildman–Crippen LogP) is 5.35. The minimum Gasteiger partial charge on any atom is -0.497 e. The van der Waals surface area contributed by atoms with Gasteiger partial charge in [-0.3, -0.25) is 0 Å². The van der Waals surface area contributed by atoms with Gasteiger partial charge in [0, 0.05) is 0 Å². The highest BCUT2D eigenvalue weighted by atomic mass is 16.5. The Morgan fingerprint density at radius 3 is 1.48 bits per heavy atom. The van der Waals surface area contributed by atoms with Crippen LogP contribution in [0.25, 0.3) is 22.3 Å². The van der Waals surface area contributed by atoms with E-state index in [9.17, 15) is 0 Å². The van der Waals surface area contributed by atoms with Crippen LogP contribution in [0.3, 0.4) is 0 Å². The van der Waals surface area contributed by atoms with E-state index in [4.69, 9.17) is 9.47 Å². The topological polar surface area (TPSA) is 18.5 Å². The van der Waals surface area contributed by atoms with Crippen molar-refractivity contribution in [3.63, 3.8) is 0 Å². The predicted molar refractivity (Wildman–Crippen MR) is 95.2 cm³/mol. The molecule has 116 valence electrons. The molecule has 0 aliphatic rings. The molecule has 3 rings (SSSR count). The normalized spacial score (nSPS) is 10.4.